The molecular weight excluding hydrogens is 408 g/mol. The van der Waals surface area contributed by atoms with E-state index in [0.717, 1.165) is 38.5 Å². The van der Waals surface area contributed by atoms with E-state index in [1.54, 1.807) is 18.2 Å². The molecule has 0 unspecified atom stereocenters. The van der Waals surface area contributed by atoms with E-state index in [-0.39, 0.29) is 41.3 Å². The molecule has 4 aliphatic carbocycles. The van der Waals surface area contributed by atoms with Gasteiger partial charge in [0.1, 0.15) is 11.5 Å². The second kappa shape index (κ2) is 7.78. The van der Waals surface area contributed by atoms with Crippen molar-refractivity contribution < 1.29 is 18.7 Å². The lowest BCUT2D eigenvalue weighted by Crippen LogP contribution is -2.58. The molecule has 1 aromatic carbocycles. The number of Topliss-reactive ketones (excluding diaryl/α,β-unsaturated/α-hetero) is 1. The number of hydrogen-bond donors (Lipinski definition) is 2. The van der Waals surface area contributed by atoms with E-state index in [9.17, 15) is 14.3 Å². The van der Waals surface area contributed by atoms with Gasteiger partial charge in [0.25, 0.3) is 0 Å². The number of carbonyl (C=O) groups excluding carboxylic acids is 1. The lowest BCUT2D eigenvalue weighted by Gasteiger charge is -2.59. The first-order valence-electron chi connectivity index (χ1n) is 12.6. The first kappa shape index (κ1) is 22.3. The Morgan fingerprint density at radius 3 is 2.62 bits per heavy atom. The fourth-order valence-electron chi connectivity index (χ4n) is 8.42. The number of ketones is 1. The average Bonchev–Trinajstić information content (AvgIpc) is 3.11. The van der Waals surface area contributed by atoms with Crippen LogP contribution in [0.15, 0.2) is 24.3 Å². The standard InChI is InChI=1S/C27H37F2NO2/c1-25(32)13-14-27(29)17(15-25)7-8-18-19-9-10-21(26(19,2)12-11-20(18)27)24(31)16-30-23-6-4-3-5-22(23)28/h3-6,17-21,30,32H,7-16H2,1-2H3/t17-,18+,19+,20+,21-,25-,26+,27-/m1/s1. The fraction of sp³-hybridized carbons (Fsp3) is 0.741. The summed E-state index contributed by atoms with van der Waals surface area (Å²) in [5.41, 5.74) is -1.60. The predicted molar refractivity (Wildman–Crippen MR) is 121 cm³/mol. The molecular formula is C27H37F2NO2. The van der Waals surface area contributed by atoms with Gasteiger partial charge in [-0.25, -0.2) is 8.78 Å². The normalized spacial score (nSPS) is 45.5. The Kier molecular flexibility index (Phi) is 5.43. The summed E-state index contributed by atoms with van der Waals surface area (Å²) in [6.07, 6.45) is 7.07. The Bertz CT molecular complexity index is 888. The summed E-state index contributed by atoms with van der Waals surface area (Å²) in [6, 6.07) is 6.46. The van der Waals surface area contributed by atoms with E-state index in [1.807, 2.05) is 6.92 Å². The number of fused-ring (bicyclic) bond motifs is 5. The van der Waals surface area contributed by atoms with Gasteiger partial charge < -0.3 is 10.4 Å². The molecule has 0 heterocycles. The molecule has 4 saturated carbocycles. The third kappa shape index (κ3) is 3.50. The Labute approximate surface area is 190 Å². The molecule has 3 nitrogen and oxygen atoms in total. The molecule has 0 saturated heterocycles. The zero-order chi connectivity index (χ0) is 22.7. The Morgan fingerprint density at radius 1 is 1.06 bits per heavy atom. The second-order valence-corrected chi connectivity index (χ2v) is 11.8. The molecule has 8 atom stereocenters. The number of para-hydroxylation sites is 1. The van der Waals surface area contributed by atoms with E-state index < -0.39 is 11.3 Å². The minimum absolute atomic E-state index is 0.0272. The van der Waals surface area contributed by atoms with Crippen molar-refractivity contribution in [2.24, 2.45) is 35.0 Å². The van der Waals surface area contributed by atoms with Gasteiger partial charge in [0, 0.05) is 5.92 Å². The molecule has 1 aromatic rings. The molecule has 0 spiro atoms. The largest absolute Gasteiger partial charge is 0.390 e. The van der Waals surface area contributed by atoms with E-state index >= 15 is 4.39 Å². The minimum atomic E-state index is -1.15. The van der Waals surface area contributed by atoms with Crippen LogP contribution in [-0.4, -0.2) is 28.7 Å². The average molecular weight is 446 g/mol. The molecule has 5 rings (SSSR count). The highest BCUT2D eigenvalue weighted by Crippen LogP contribution is 2.66. The summed E-state index contributed by atoms with van der Waals surface area (Å²) in [4.78, 5) is 13.2. The van der Waals surface area contributed by atoms with Gasteiger partial charge in [0.05, 0.1) is 17.8 Å². The summed E-state index contributed by atoms with van der Waals surface area (Å²) in [7, 11) is 0. The zero-order valence-corrected chi connectivity index (χ0v) is 19.4. The maximum Gasteiger partial charge on any atom is 0.155 e. The molecule has 176 valence electrons. The Morgan fingerprint density at radius 2 is 1.84 bits per heavy atom. The van der Waals surface area contributed by atoms with Crippen molar-refractivity contribution in [3.05, 3.63) is 30.1 Å². The number of nitrogens with one attached hydrogen (secondary N) is 1. The van der Waals surface area contributed by atoms with Crippen molar-refractivity contribution in [2.75, 3.05) is 11.9 Å². The summed E-state index contributed by atoms with van der Waals surface area (Å²) in [5.74, 6) is 0.562. The summed E-state index contributed by atoms with van der Waals surface area (Å²) in [6.45, 7) is 4.26. The van der Waals surface area contributed by atoms with Gasteiger partial charge >= 0.3 is 0 Å². The van der Waals surface area contributed by atoms with Gasteiger partial charge in [-0.3, -0.25) is 4.79 Å². The van der Waals surface area contributed by atoms with Crippen LogP contribution in [0.4, 0.5) is 14.5 Å². The second-order valence-electron chi connectivity index (χ2n) is 11.8. The first-order chi connectivity index (χ1) is 15.1. The number of benzene rings is 1. The van der Waals surface area contributed by atoms with E-state index in [4.69, 9.17) is 0 Å². The van der Waals surface area contributed by atoms with E-state index in [0.29, 0.717) is 36.8 Å². The summed E-state index contributed by atoms with van der Waals surface area (Å²) in [5, 5.41) is 13.5. The lowest BCUT2D eigenvalue weighted by atomic mass is 9.48. The molecule has 2 N–H and O–H groups in total. The highest BCUT2D eigenvalue weighted by atomic mass is 19.1. The van der Waals surface area contributed by atoms with Crippen LogP contribution in [0.5, 0.6) is 0 Å². The van der Waals surface area contributed by atoms with Gasteiger partial charge in [-0.05, 0) is 106 Å². The van der Waals surface area contributed by atoms with Crippen LogP contribution in [0.1, 0.15) is 71.6 Å². The maximum absolute atomic E-state index is 16.5. The molecule has 0 aliphatic heterocycles. The van der Waals surface area contributed by atoms with Crippen molar-refractivity contribution in [1.82, 2.24) is 0 Å². The number of anilines is 1. The molecule has 32 heavy (non-hydrogen) atoms. The third-order valence-corrected chi connectivity index (χ3v) is 10.0. The van der Waals surface area contributed by atoms with Crippen molar-refractivity contribution in [1.29, 1.82) is 0 Å². The molecule has 0 radical (unpaired) electrons. The summed E-state index contributed by atoms with van der Waals surface area (Å²) < 4.78 is 30.4. The van der Waals surface area contributed by atoms with Crippen molar-refractivity contribution in [2.45, 2.75) is 82.9 Å². The van der Waals surface area contributed by atoms with Crippen molar-refractivity contribution in [3.63, 3.8) is 0 Å². The maximum atomic E-state index is 16.5. The van der Waals surface area contributed by atoms with Crippen LogP contribution in [0.2, 0.25) is 0 Å². The monoisotopic (exact) mass is 445 g/mol. The molecule has 4 aliphatic rings. The molecule has 0 aromatic heterocycles. The van der Waals surface area contributed by atoms with Gasteiger partial charge in [0.15, 0.2) is 5.78 Å². The minimum Gasteiger partial charge on any atom is -0.390 e. The van der Waals surface area contributed by atoms with Crippen LogP contribution in [-0.2, 0) is 4.79 Å². The zero-order valence-electron chi connectivity index (χ0n) is 19.4. The number of hydrogen-bond acceptors (Lipinski definition) is 3. The third-order valence-electron chi connectivity index (χ3n) is 10.0. The van der Waals surface area contributed by atoms with Crippen LogP contribution in [0.25, 0.3) is 0 Å². The van der Waals surface area contributed by atoms with Crippen LogP contribution in [0, 0.1) is 40.8 Å². The smallest absolute Gasteiger partial charge is 0.155 e. The highest BCUT2D eigenvalue weighted by Gasteiger charge is 2.63. The topological polar surface area (TPSA) is 49.3 Å². The lowest BCUT2D eigenvalue weighted by molar-refractivity contribution is -0.165. The summed E-state index contributed by atoms with van der Waals surface area (Å²) >= 11 is 0. The van der Waals surface area contributed by atoms with Crippen molar-refractivity contribution >= 4 is 11.5 Å². The van der Waals surface area contributed by atoms with E-state index in [1.165, 1.54) is 6.07 Å². The quantitative estimate of drug-likeness (QED) is 0.605. The number of aliphatic hydroxyl groups is 1. The SMILES string of the molecule is C[C@@]1(O)CC[C@@]2(F)[C@H](CC[C@H]3[C@@H]4CC[C@H](C(=O)CNc5ccccc5F)[C@@]4(C)CC[C@@H]32)C1. The number of halogens is 2. The molecule has 0 amide bonds. The van der Waals surface area contributed by atoms with Gasteiger partial charge in [-0.15, -0.1) is 0 Å². The van der Waals surface area contributed by atoms with Crippen LogP contribution >= 0.6 is 0 Å². The predicted octanol–water partition coefficient (Wildman–Crippen LogP) is 5.92. The molecule has 4 fully saturated rings. The van der Waals surface area contributed by atoms with Crippen LogP contribution < -0.4 is 5.32 Å². The first-order valence-corrected chi connectivity index (χ1v) is 12.6. The van der Waals surface area contributed by atoms with Crippen LogP contribution in [0.3, 0.4) is 0 Å². The Hall–Kier alpha value is -1.49. The Balaban J connectivity index is 1.30. The van der Waals surface area contributed by atoms with Crippen molar-refractivity contribution in [3.8, 4) is 0 Å². The number of alkyl halides is 1. The number of carbonyl (C=O) groups is 1. The van der Waals surface area contributed by atoms with E-state index in [2.05, 4.69) is 12.2 Å². The molecule has 0 bridgehead atoms. The van der Waals surface area contributed by atoms with Gasteiger partial charge in [0.2, 0.25) is 0 Å². The number of rotatable bonds is 4. The highest BCUT2D eigenvalue weighted by molar-refractivity contribution is 5.86. The molecule has 5 heteroatoms. The van der Waals surface area contributed by atoms with Gasteiger partial charge in [-0.1, -0.05) is 19.1 Å². The van der Waals surface area contributed by atoms with Gasteiger partial charge in [-0.2, -0.15) is 0 Å². The fourth-order valence-corrected chi connectivity index (χ4v) is 8.42.